The molecule has 0 fully saturated rings. The van der Waals surface area contributed by atoms with E-state index in [4.69, 9.17) is 0 Å². The van der Waals surface area contributed by atoms with Crippen LogP contribution in [0.2, 0.25) is 39.3 Å². The van der Waals surface area contributed by atoms with Gasteiger partial charge < -0.3 is 0 Å². The molecule has 1 unspecified atom stereocenters. The van der Waals surface area contributed by atoms with Crippen molar-refractivity contribution in [3.8, 4) is 0 Å². The van der Waals surface area contributed by atoms with Crippen molar-refractivity contribution in [3.05, 3.63) is 151 Å². The average Bonchev–Trinajstić information content (AvgIpc) is 3.17. The van der Waals surface area contributed by atoms with E-state index >= 15 is 0 Å². The van der Waals surface area contributed by atoms with Crippen molar-refractivity contribution in [2.24, 2.45) is 0 Å². The molecule has 0 bridgehead atoms. The van der Waals surface area contributed by atoms with Crippen molar-refractivity contribution in [2.45, 2.75) is 46.2 Å². The van der Waals surface area contributed by atoms with E-state index < -0.39 is 22.3 Å². The van der Waals surface area contributed by atoms with Crippen molar-refractivity contribution in [2.75, 3.05) is 30.6 Å². The van der Waals surface area contributed by atoms with Gasteiger partial charge in [-0.25, -0.2) is 0 Å². The van der Waals surface area contributed by atoms with Crippen molar-refractivity contribution in [3.63, 3.8) is 0 Å². The van der Waals surface area contributed by atoms with Gasteiger partial charge >= 0.3 is 340 Å². The van der Waals surface area contributed by atoms with Crippen LogP contribution >= 0.6 is 14.9 Å². The Kier molecular flexibility index (Phi) is 10.0. The van der Waals surface area contributed by atoms with E-state index in [2.05, 4.69) is 222 Å². The molecular formula is C50H56N2P2Si2. The summed E-state index contributed by atoms with van der Waals surface area (Å²) in [7, 11) is 2.05. The molecule has 0 N–H and O–H groups in total. The fraction of sp³-hybridized carbons (Fsp3) is 0.200. The number of fused-ring (bicyclic) bond motifs is 4. The maximum absolute atomic E-state index is 2.71. The first kappa shape index (κ1) is 38.6. The van der Waals surface area contributed by atoms with E-state index in [1.165, 1.54) is 87.3 Å². The Morgan fingerprint density at radius 1 is 0.429 bits per heavy atom. The standard InChI is InChI=1S/C50H56N2P2Si2/c1-35-27-36-19-11-12-20-37(36)28-44(35)51(2)46-30-39-22-14-17-25-42(39)33-49(46)54(4,56(8,9)10)50-34-43-26-18-15-23-40(43)31-47(50)52(3)45-29-38-21-13-16-24-41(38)32-48(45)53-55(5,6)7/h11-34,53-54H,1-10H3. The van der Waals surface area contributed by atoms with Gasteiger partial charge in [-0.3, -0.25) is 0 Å². The predicted octanol–water partition coefficient (Wildman–Crippen LogP) is 13.4. The molecule has 0 aliphatic heterocycles. The topological polar surface area (TPSA) is 6.48 Å². The fourth-order valence-electron chi connectivity index (χ4n) is 8.74. The number of anilines is 4. The summed E-state index contributed by atoms with van der Waals surface area (Å²) in [6.07, 6.45) is 0. The first-order chi connectivity index (χ1) is 26.6. The molecule has 1 atom stereocenters. The van der Waals surface area contributed by atoms with E-state index in [1.807, 2.05) is 0 Å². The molecule has 0 radical (unpaired) electrons. The average molecular weight is 803 g/mol. The fourth-order valence-corrected chi connectivity index (χ4v) is 23.5. The minimum atomic E-state index is -2.54. The molecule has 8 aromatic carbocycles. The van der Waals surface area contributed by atoms with Crippen molar-refractivity contribution in [1.29, 1.82) is 0 Å². The second-order valence-electron chi connectivity index (χ2n) is 18.0. The van der Waals surface area contributed by atoms with Gasteiger partial charge in [0, 0.05) is 0 Å². The molecule has 0 aliphatic rings. The molecule has 8 aromatic rings. The van der Waals surface area contributed by atoms with Crippen molar-refractivity contribution < 1.29 is 0 Å². The summed E-state index contributed by atoms with van der Waals surface area (Å²) < 4.78 is 0. The second kappa shape index (κ2) is 14.6. The molecule has 0 saturated heterocycles. The van der Waals surface area contributed by atoms with Crippen molar-refractivity contribution >= 4 is 112 Å². The molecule has 2 nitrogen and oxygen atoms in total. The van der Waals surface area contributed by atoms with Gasteiger partial charge in [0.25, 0.3) is 0 Å². The third-order valence-corrected chi connectivity index (χ3v) is 33.2. The van der Waals surface area contributed by atoms with E-state index in [0.717, 1.165) is 8.13 Å². The molecule has 0 saturated carbocycles. The number of aryl methyl sites for hydroxylation is 1. The van der Waals surface area contributed by atoms with Crippen LogP contribution in [0.4, 0.5) is 22.7 Å². The maximum atomic E-state index is 2.71. The SMILES string of the molecule is Cc1cc2ccccc2cc1N(C)c1cc2ccccc2cc1[PH](C)(c1cc2ccccc2cc1N(C)c1cc2ccccc2cc1P[Si](C)(C)C)[Si](C)(C)C. The summed E-state index contributed by atoms with van der Waals surface area (Å²) in [5, 5.41) is 15.0. The first-order valence-electron chi connectivity index (χ1n) is 20.0. The van der Waals surface area contributed by atoms with Crippen LogP contribution in [-0.4, -0.2) is 36.2 Å². The summed E-state index contributed by atoms with van der Waals surface area (Å²) in [4.78, 5) is 5.09. The molecule has 0 aliphatic carbocycles. The molecule has 0 amide bonds. The number of benzene rings is 8. The molecule has 284 valence electrons. The van der Waals surface area contributed by atoms with Gasteiger partial charge in [-0.2, -0.15) is 0 Å². The number of nitrogens with zero attached hydrogens (tertiary/aromatic N) is 2. The van der Waals surface area contributed by atoms with E-state index in [0.29, 0.717) is 0 Å². The Balaban J connectivity index is 1.43. The van der Waals surface area contributed by atoms with E-state index in [1.54, 1.807) is 0 Å². The van der Waals surface area contributed by atoms with Crippen LogP contribution in [0.25, 0.3) is 43.1 Å². The third-order valence-electron chi connectivity index (χ3n) is 12.2. The summed E-state index contributed by atoms with van der Waals surface area (Å²) >= 11 is 0. The van der Waals surface area contributed by atoms with Crippen LogP contribution in [0.15, 0.2) is 146 Å². The normalized spacial score (nSPS) is 13.0. The van der Waals surface area contributed by atoms with Crippen LogP contribution in [-0.2, 0) is 0 Å². The van der Waals surface area contributed by atoms with Crippen LogP contribution in [0.1, 0.15) is 5.56 Å². The Morgan fingerprint density at radius 3 is 1.14 bits per heavy atom. The Bertz CT molecular complexity index is 2780. The van der Waals surface area contributed by atoms with Gasteiger partial charge in [-0.05, 0) is 0 Å². The summed E-state index contributed by atoms with van der Waals surface area (Å²) in [5.74, 6) is 0. The molecule has 0 spiro atoms. The molecule has 6 heteroatoms. The predicted molar refractivity (Wildman–Crippen MR) is 265 cm³/mol. The second-order valence-corrected chi connectivity index (χ2v) is 43.9. The van der Waals surface area contributed by atoms with Gasteiger partial charge in [0.15, 0.2) is 0 Å². The minimum absolute atomic E-state index is 0.810. The van der Waals surface area contributed by atoms with E-state index in [9.17, 15) is 0 Å². The Hall–Kier alpha value is -4.31. The monoisotopic (exact) mass is 802 g/mol. The van der Waals surface area contributed by atoms with Crippen LogP contribution in [0, 0.1) is 6.92 Å². The van der Waals surface area contributed by atoms with E-state index in [-0.39, 0.29) is 0 Å². The molecule has 8 rings (SSSR count). The Morgan fingerprint density at radius 2 is 0.750 bits per heavy atom. The van der Waals surface area contributed by atoms with Crippen molar-refractivity contribution in [1.82, 2.24) is 0 Å². The van der Waals surface area contributed by atoms with Gasteiger partial charge in [-0.15, -0.1) is 0 Å². The molecular weight excluding hydrogens is 747 g/mol. The third kappa shape index (κ3) is 7.01. The Labute approximate surface area is 338 Å². The van der Waals surface area contributed by atoms with Gasteiger partial charge in [-0.1, -0.05) is 0 Å². The van der Waals surface area contributed by atoms with Gasteiger partial charge in [0.1, 0.15) is 0 Å². The van der Waals surface area contributed by atoms with Crippen LogP contribution in [0.3, 0.4) is 0 Å². The van der Waals surface area contributed by atoms with Crippen LogP contribution in [0.5, 0.6) is 0 Å². The van der Waals surface area contributed by atoms with Crippen LogP contribution < -0.4 is 25.7 Å². The van der Waals surface area contributed by atoms with Gasteiger partial charge in [0.05, 0.1) is 0 Å². The summed E-state index contributed by atoms with van der Waals surface area (Å²) in [6, 6.07) is 55.6. The zero-order valence-corrected chi connectivity index (χ0v) is 38.8. The first-order valence-corrected chi connectivity index (χ1v) is 32.5. The number of hydrogen-bond acceptors (Lipinski definition) is 2. The zero-order chi connectivity index (χ0) is 39.6. The van der Waals surface area contributed by atoms with Gasteiger partial charge in [0.2, 0.25) is 0 Å². The number of hydrogen-bond donors (Lipinski definition) is 0. The summed E-state index contributed by atoms with van der Waals surface area (Å²) in [6.45, 7) is 17.9. The molecule has 0 heterocycles. The quantitative estimate of drug-likeness (QED) is 0.106. The molecule has 56 heavy (non-hydrogen) atoms. The summed E-state index contributed by atoms with van der Waals surface area (Å²) in [5.41, 5.74) is 6.57. The number of rotatable bonds is 9. The zero-order valence-electron chi connectivity index (χ0n) is 34.8. The molecule has 0 aromatic heterocycles.